The van der Waals surface area contributed by atoms with E-state index < -0.39 is 12.1 Å². The number of nitrogens with one attached hydrogen (secondary N) is 1. The maximum atomic E-state index is 12.9. The van der Waals surface area contributed by atoms with Gasteiger partial charge in [-0.05, 0) is 56.4 Å². The van der Waals surface area contributed by atoms with Crippen LogP contribution in [0, 0.1) is 5.92 Å². The number of carbonyl (C=O) groups excluding carboxylic acids is 2. The van der Waals surface area contributed by atoms with Gasteiger partial charge in [-0.2, -0.15) is 0 Å². The van der Waals surface area contributed by atoms with E-state index in [0.717, 1.165) is 22.3 Å². The molecule has 2 aliphatic rings. The number of carboxylic acids is 1. The van der Waals surface area contributed by atoms with Crippen LogP contribution >= 0.6 is 15.9 Å². The summed E-state index contributed by atoms with van der Waals surface area (Å²) in [6.07, 6.45) is -0.549. The van der Waals surface area contributed by atoms with Crippen LogP contribution < -0.4 is 5.32 Å². The first-order chi connectivity index (χ1) is 16.9. The van der Waals surface area contributed by atoms with Crippen molar-refractivity contribution in [1.82, 2.24) is 4.90 Å². The summed E-state index contributed by atoms with van der Waals surface area (Å²) in [5.74, 6) is -1.15. The zero-order valence-corrected chi connectivity index (χ0v) is 20.3. The number of ether oxygens (including phenoxy) is 1. The zero-order chi connectivity index (χ0) is 24.5. The van der Waals surface area contributed by atoms with Crippen molar-refractivity contribution < 1.29 is 24.2 Å². The monoisotopic (exact) mass is 534 g/mol. The molecule has 3 aromatic carbocycles. The summed E-state index contributed by atoms with van der Waals surface area (Å²) in [4.78, 5) is 37.9. The first-order valence-electron chi connectivity index (χ1n) is 11.3. The van der Waals surface area contributed by atoms with Gasteiger partial charge in [-0.25, -0.2) is 4.79 Å². The molecule has 1 fully saturated rings. The number of halogens is 1. The molecule has 2 amide bonds. The molecule has 0 saturated carbocycles. The third kappa shape index (κ3) is 4.66. The van der Waals surface area contributed by atoms with Gasteiger partial charge in [-0.15, -0.1) is 0 Å². The second kappa shape index (κ2) is 9.54. The van der Waals surface area contributed by atoms with Crippen molar-refractivity contribution in [2.75, 3.05) is 25.0 Å². The smallest absolute Gasteiger partial charge is 0.411 e. The van der Waals surface area contributed by atoms with Gasteiger partial charge in [0.1, 0.15) is 6.61 Å². The number of benzene rings is 3. The lowest BCUT2D eigenvalue weighted by Crippen LogP contribution is -2.50. The predicted octanol–water partition coefficient (Wildman–Crippen LogP) is 5.36. The molecule has 1 heterocycles. The average Bonchev–Trinajstić information content (AvgIpc) is 3.14. The first kappa shape index (κ1) is 23.1. The molecular weight excluding hydrogens is 512 g/mol. The van der Waals surface area contributed by atoms with Crippen molar-refractivity contribution in [3.63, 3.8) is 0 Å². The predicted molar refractivity (Wildman–Crippen MR) is 134 cm³/mol. The minimum absolute atomic E-state index is 0.0302. The maximum Gasteiger partial charge on any atom is 0.411 e. The van der Waals surface area contributed by atoms with Crippen LogP contribution in [0.4, 0.5) is 10.5 Å². The Bertz CT molecular complexity index is 1270. The summed E-state index contributed by atoms with van der Waals surface area (Å²) in [5, 5.41) is 11.6. The molecule has 0 bridgehead atoms. The topological polar surface area (TPSA) is 95.9 Å². The summed E-state index contributed by atoms with van der Waals surface area (Å²) in [6, 6.07) is 21.2. The Kier molecular flexibility index (Phi) is 6.30. The lowest BCUT2D eigenvalue weighted by Gasteiger charge is -2.38. The normalized spacial score (nSPS) is 14.6. The van der Waals surface area contributed by atoms with Crippen LogP contribution in [0.25, 0.3) is 11.1 Å². The molecule has 3 aromatic rings. The molecule has 7 nitrogen and oxygen atoms in total. The molecule has 178 valence electrons. The fourth-order valence-corrected chi connectivity index (χ4v) is 5.22. The molecule has 0 aromatic heterocycles. The van der Waals surface area contributed by atoms with Crippen molar-refractivity contribution in [3.8, 4) is 11.1 Å². The number of aliphatic carboxylic acids is 1. The Morgan fingerprint density at radius 2 is 1.60 bits per heavy atom. The Hall–Kier alpha value is -3.65. The Morgan fingerprint density at radius 1 is 0.971 bits per heavy atom. The molecule has 0 unspecified atom stereocenters. The van der Waals surface area contributed by atoms with Crippen LogP contribution in [-0.4, -0.2) is 47.7 Å². The highest BCUT2D eigenvalue weighted by Crippen LogP contribution is 2.44. The van der Waals surface area contributed by atoms with Crippen molar-refractivity contribution >= 4 is 39.6 Å². The number of amides is 2. The zero-order valence-electron chi connectivity index (χ0n) is 18.7. The number of anilines is 1. The second-order valence-electron chi connectivity index (χ2n) is 8.82. The summed E-state index contributed by atoms with van der Waals surface area (Å²) in [6.45, 7) is 1.00. The third-order valence-corrected chi connectivity index (χ3v) is 7.19. The van der Waals surface area contributed by atoms with E-state index in [0.29, 0.717) is 28.8 Å². The fourth-order valence-electron chi connectivity index (χ4n) is 4.80. The van der Waals surface area contributed by atoms with Gasteiger partial charge in [0.15, 0.2) is 0 Å². The summed E-state index contributed by atoms with van der Waals surface area (Å²) in [5.41, 5.74) is 5.42. The average molecular weight is 535 g/mol. The summed E-state index contributed by atoms with van der Waals surface area (Å²) in [7, 11) is 0. The molecular formula is C27H23BrN2O5. The Labute approximate surface area is 210 Å². The van der Waals surface area contributed by atoms with Gasteiger partial charge in [-0.1, -0.05) is 48.5 Å². The van der Waals surface area contributed by atoms with Crippen molar-refractivity contribution in [1.29, 1.82) is 0 Å². The number of rotatable bonds is 6. The minimum Gasteiger partial charge on any atom is -0.481 e. The molecule has 1 aliphatic heterocycles. The van der Waals surface area contributed by atoms with E-state index in [2.05, 4.69) is 45.5 Å². The number of carbonyl (C=O) groups is 3. The molecule has 5 rings (SSSR count). The molecule has 0 spiro atoms. The maximum absolute atomic E-state index is 12.9. The Balaban J connectivity index is 1.23. The van der Waals surface area contributed by atoms with Crippen LogP contribution in [0.2, 0.25) is 0 Å². The van der Waals surface area contributed by atoms with Crippen LogP contribution in [0.15, 0.2) is 71.2 Å². The van der Waals surface area contributed by atoms with Gasteiger partial charge in [0, 0.05) is 35.1 Å². The minimum atomic E-state index is -0.863. The summed E-state index contributed by atoms with van der Waals surface area (Å²) >= 11 is 3.39. The standard InChI is InChI=1S/C27H23BrN2O5/c28-24-10-9-17(12-22(24)26(33)30-13-16(14-30)11-25(31)32)29-27(34)35-15-23-20-7-3-1-5-18(20)19-6-2-4-8-21(19)23/h1-10,12,16,23H,11,13-15H2,(H,29,34)(H,31,32). The molecule has 35 heavy (non-hydrogen) atoms. The molecule has 0 atom stereocenters. The highest BCUT2D eigenvalue weighted by Gasteiger charge is 2.33. The van der Waals surface area contributed by atoms with Gasteiger partial charge in [-0.3, -0.25) is 14.9 Å². The lowest BCUT2D eigenvalue weighted by atomic mass is 9.95. The molecule has 0 radical (unpaired) electrons. The third-order valence-electron chi connectivity index (χ3n) is 6.49. The van der Waals surface area contributed by atoms with Crippen LogP contribution in [-0.2, 0) is 9.53 Å². The fraction of sp³-hybridized carbons (Fsp3) is 0.222. The van der Waals surface area contributed by atoms with Crippen molar-refractivity contribution in [3.05, 3.63) is 87.9 Å². The van der Waals surface area contributed by atoms with Gasteiger partial charge in [0.05, 0.1) is 12.0 Å². The van der Waals surface area contributed by atoms with Crippen molar-refractivity contribution in [2.24, 2.45) is 5.92 Å². The lowest BCUT2D eigenvalue weighted by molar-refractivity contribution is -0.139. The number of likely N-dealkylation sites (tertiary alicyclic amines) is 1. The van der Waals surface area contributed by atoms with E-state index in [1.165, 1.54) is 0 Å². The van der Waals surface area contributed by atoms with Gasteiger partial charge in [0.25, 0.3) is 5.91 Å². The van der Waals surface area contributed by atoms with Gasteiger partial charge >= 0.3 is 12.1 Å². The number of carboxylic acid groups (broad SMARTS) is 1. The SMILES string of the molecule is O=C(O)CC1CN(C(=O)c2cc(NC(=O)OCC3c4ccccc4-c4ccccc43)ccc2Br)C1. The summed E-state index contributed by atoms with van der Waals surface area (Å²) < 4.78 is 6.19. The Morgan fingerprint density at radius 3 is 2.23 bits per heavy atom. The van der Waals surface area contributed by atoms with Gasteiger partial charge < -0.3 is 14.7 Å². The number of hydrogen-bond acceptors (Lipinski definition) is 4. The van der Waals surface area contributed by atoms with E-state index >= 15 is 0 Å². The van der Waals surface area contributed by atoms with Crippen molar-refractivity contribution in [2.45, 2.75) is 12.3 Å². The highest BCUT2D eigenvalue weighted by molar-refractivity contribution is 9.10. The van der Waals surface area contributed by atoms with E-state index in [-0.39, 0.29) is 30.8 Å². The van der Waals surface area contributed by atoms with E-state index in [1.54, 1.807) is 23.1 Å². The molecule has 1 saturated heterocycles. The van der Waals surface area contributed by atoms with E-state index in [1.807, 2.05) is 24.3 Å². The van der Waals surface area contributed by atoms with Gasteiger partial charge in [0.2, 0.25) is 0 Å². The number of nitrogens with zero attached hydrogens (tertiary/aromatic N) is 1. The van der Waals surface area contributed by atoms with E-state index in [4.69, 9.17) is 9.84 Å². The van der Waals surface area contributed by atoms with Crippen LogP contribution in [0.5, 0.6) is 0 Å². The second-order valence-corrected chi connectivity index (χ2v) is 9.67. The highest BCUT2D eigenvalue weighted by atomic mass is 79.9. The van der Waals surface area contributed by atoms with E-state index in [9.17, 15) is 14.4 Å². The molecule has 2 N–H and O–H groups in total. The molecule has 8 heteroatoms. The molecule has 1 aliphatic carbocycles. The number of hydrogen-bond donors (Lipinski definition) is 2. The number of fused-ring (bicyclic) bond motifs is 3. The largest absolute Gasteiger partial charge is 0.481 e. The van der Waals surface area contributed by atoms with Crippen LogP contribution in [0.3, 0.4) is 0 Å². The first-order valence-corrected chi connectivity index (χ1v) is 12.1. The quantitative estimate of drug-likeness (QED) is 0.444. The van der Waals surface area contributed by atoms with Crippen LogP contribution in [0.1, 0.15) is 33.8 Å².